The van der Waals surface area contributed by atoms with Crippen LogP contribution in [0.15, 0.2) is 18.2 Å². The van der Waals surface area contributed by atoms with Crippen LogP contribution >= 0.6 is 11.6 Å². The molecule has 0 aromatic heterocycles. The van der Waals surface area contributed by atoms with Crippen LogP contribution in [0.25, 0.3) is 0 Å². The lowest BCUT2D eigenvalue weighted by Crippen LogP contribution is -2.31. The first-order valence-electron chi connectivity index (χ1n) is 5.47. The molecular weight excluding hydrogens is 240 g/mol. The average Bonchev–Trinajstić information content (AvgIpc) is 2.33. The Morgan fingerprint density at radius 2 is 1.76 bits per heavy atom. The molecule has 0 bridgehead atoms. The summed E-state index contributed by atoms with van der Waals surface area (Å²) in [4.78, 5) is 2.11. The maximum atomic E-state index is 5.98. The molecule has 0 heterocycles. The summed E-state index contributed by atoms with van der Waals surface area (Å²) in [6.07, 6.45) is 0. The van der Waals surface area contributed by atoms with Crippen LogP contribution in [0.4, 0.5) is 11.4 Å². The van der Waals surface area contributed by atoms with E-state index in [4.69, 9.17) is 26.8 Å². The molecule has 0 fully saturated rings. The highest BCUT2D eigenvalue weighted by Crippen LogP contribution is 2.26. The predicted octanol–water partition coefficient (Wildman–Crippen LogP) is 2.02. The minimum Gasteiger partial charge on any atom is -0.397 e. The summed E-state index contributed by atoms with van der Waals surface area (Å²) in [5, 5.41) is 0.675. The van der Waals surface area contributed by atoms with Crippen LogP contribution in [0.2, 0.25) is 5.02 Å². The lowest BCUT2D eigenvalue weighted by Gasteiger charge is -2.25. The fraction of sp³-hybridized carbons (Fsp3) is 0.500. The molecule has 5 heteroatoms. The second-order valence-corrected chi connectivity index (χ2v) is 4.11. The molecule has 1 aromatic carbocycles. The summed E-state index contributed by atoms with van der Waals surface area (Å²) < 4.78 is 10.2. The fourth-order valence-electron chi connectivity index (χ4n) is 1.55. The van der Waals surface area contributed by atoms with Crippen molar-refractivity contribution >= 4 is 23.0 Å². The molecule has 0 radical (unpaired) electrons. The average molecular weight is 259 g/mol. The monoisotopic (exact) mass is 258 g/mol. The van der Waals surface area contributed by atoms with E-state index in [-0.39, 0.29) is 0 Å². The number of nitrogens with zero attached hydrogens (tertiary/aromatic N) is 1. The number of ether oxygens (including phenoxy) is 2. The third-order valence-corrected chi connectivity index (χ3v) is 2.70. The van der Waals surface area contributed by atoms with E-state index in [1.165, 1.54) is 0 Å². The molecule has 0 saturated heterocycles. The van der Waals surface area contributed by atoms with Gasteiger partial charge in [-0.05, 0) is 18.2 Å². The topological polar surface area (TPSA) is 47.7 Å². The summed E-state index contributed by atoms with van der Waals surface area (Å²) in [6.45, 7) is 2.78. The number of halogens is 1. The first-order chi connectivity index (χ1) is 8.19. The van der Waals surface area contributed by atoms with Crippen LogP contribution in [0.1, 0.15) is 0 Å². The number of benzene rings is 1. The van der Waals surface area contributed by atoms with Crippen LogP contribution < -0.4 is 10.6 Å². The highest BCUT2D eigenvalue weighted by Gasteiger charge is 2.10. The van der Waals surface area contributed by atoms with Gasteiger partial charge in [0, 0.05) is 32.3 Å². The van der Waals surface area contributed by atoms with Gasteiger partial charge in [-0.1, -0.05) is 11.6 Å². The zero-order valence-electron chi connectivity index (χ0n) is 10.3. The summed E-state index contributed by atoms with van der Waals surface area (Å²) >= 11 is 5.98. The molecule has 1 aromatic rings. The van der Waals surface area contributed by atoms with Crippen molar-refractivity contribution in [3.05, 3.63) is 23.2 Å². The number of nitrogens with two attached hydrogens (primary N) is 1. The number of anilines is 2. The van der Waals surface area contributed by atoms with E-state index >= 15 is 0 Å². The molecule has 0 spiro atoms. The van der Waals surface area contributed by atoms with Gasteiger partial charge in [0.2, 0.25) is 0 Å². The van der Waals surface area contributed by atoms with Gasteiger partial charge >= 0.3 is 0 Å². The molecule has 4 nitrogen and oxygen atoms in total. The maximum Gasteiger partial charge on any atom is 0.0637 e. The molecule has 0 amide bonds. The summed E-state index contributed by atoms with van der Waals surface area (Å²) in [7, 11) is 3.35. The van der Waals surface area contributed by atoms with Crippen molar-refractivity contribution in [3.63, 3.8) is 0 Å². The Hall–Kier alpha value is -0.970. The van der Waals surface area contributed by atoms with E-state index in [2.05, 4.69) is 4.90 Å². The zero-order chi connectivity index (χ0) is 12.7. The van der Waals surface area contributed by atoms with Crippen LogP contribution in [0.5, 0.6) is 0 Å². The van der Waals surface area contributed by atoms with Gasteiger partial charge in [-0.25, -0.2) is 0 Å². The lowest BCUT2D eigenvalue weighted by atomic mass is 10.2. The molecule has 1 rings (SSSR count). The van der Waals surface area contributed by atoms with E-state index in [1.54, 1.807) is 20.3 Å². The molecular formula is C12H19ClN2O2. The molecule has 2 N–H and O–H groups in total. The van der Waals surface area contributed by atoms with Gasteiger partial charge in [0.15, 0.2) is 0 Å². The van der Waals surface area contributed by atoms with Gasteiger partial charge in [-0.15, -0.1) is 0 Å². The quantitative estimate of drug-likeness (QED) is 0.761. The van der Waals surface area contributed by atoms with Crippen LogP contribution in [-0.2, 0) is 9.47 Å². The molecule has 0 aliphatic heterocycles. The lowest BCUT2D eigenvalue weighted by molar-refractivity contribution is 0.190. The molecule has 0 atom stereocenters. The first-order valence-corrected chi connectivity index (χ1v) is 5.84. The Morgan fingerprint density at radius 1 is 1.18 bits per heavy atom. The number of hydrogen-bond acceptors (Lipinski definition) is 4. The maximum absolute atomic E-state index is 5.98. The predicted molar refractivity (Wildman–Crippen MR) is 71.8 cm³/mol. The normalized spacial score (nSPS) is 10.5. The largest absolute Gasteiger partial charge is 0.397 e. The van der Waals surface area contributed by atoms with Gasteiger partial charge in [-0.3, -0.25) is 0 Å². The van der Waals surface area contributed by atoms with E-state index in [9.17, 15) is 0 Å². The number of hydrogen-bond donors (Lipinski definition) is 1. The number of nitrogen functional groups attached to an aromatic ring is 1. The Bertz CT molecular complexity index is 339. The number of rotatable bonds is 7. The Labute approximate surface area is 107 Å². The van der Waals surface area contributed by atoms with E-state index in [0.717, 1.165) is 18.8 Å². The van der Waals surface area contributed by atoms with Crippen molar-refractivity contribution in [2.45, 2.75) is 0 Å². The van der Waals surface area contributed by atoms with Crippen molar-refractivity contribution < 1.29 is 9.47 Å². The third kappa shape index (κ3) is 4.42. The van der Waals surface area contributed by atoms with Crippen molar-refractivity contribution in [2.24, 2.45) is 0 Å². The molecule has 0 saturated carbocycles. The minimum absolute atomic E-state index is 0.635. The second-order valence-electron chi connectivity index (χ2n) is 3.68. The standard InChI is InChI=1S/C12H19ClN2O2/c1-16-7-5-15(6-8-17-2)12-9-10(13)3-4-11(12)14/h3-4,9H,5-8,14H2,1-2H3. The van der Waals surface area contributed by atoms with Crippen molar-refractivity contribution in [1.82, 2.24) is 0 Å². The van der Waals surface area contributed by atoms with Crippen LogP contribution in [0, 0.1) is 0 Å². The zero-order valence-corrected chi connectivity index (χ0v) is 11.0. The minimum atomic E-state index is 0.635. The summed E-state index contributed by atoms with van der Waals surface area (Å²) in [5.41, 5.74) is 7.58. The van der Waals surface area contributed by atoms with Crippen molar-refractivity contribution in [3.8, 4) is 0 Å². The van der Waals surface area contributed by atoms with E-state index < -0.39 is 0 Å². The number of methoxy groups -OCH3 is 2. The van der Waals surface area contributed by atoms with Crippen molar-refractivity contribution in [1.29, 1.82) is 0 Å². The Kier molecular flexibility index (Phi) is 6.11. The molecule has 17 heavy (non-hydrogen) atoms. The van der Waals surface area contributed by atoms with Gasteiger partial charge in [0.25, 0.3) is 0 Å². The molecule has 0 unspecified atom stereocenters. The van der Waals surface area contributed by atoms with Gasteiger partial charge < -0.3 is 20.1 Å². The van der Waals surface area contributed by atoms with Crippen molar-refractivity contribution in [2.75, 3.05) is 51.2 Å². The van der Waals surface area contributed by atoms with E-state index in [0.29, 0.717) is 23.9 Å². The highest BCUT2D eigenvalue weighted by molar-refractivity contribution is 6.31. The molecule has 0 aliphatic carbocycles. The Balaban J connectivity index is 2.82. The molecule has 96 valence electrons. The highest BCUT2D eigenvalue weighted by atomic mass is 35.5. The van der Waals surface area contributed by atoms with Crippen LogP contribution in [-0.4, -0.2) is 40.5 Å². The Morgan fingerprint density at radius 3 is 2.29 bits per heavy atom. The second kappa shape index (κ2) is 7.37. The van der Waals surface area contributed by atoms with E-state index in [1.807, 2.05) is 12.1 Å². The summed E-state index contributed by atoms with van der Waals surface area (Å²) in [5.74, 6) is 0. The fourth-order valence-corrected chi connectivity index (χ4v) is 1.71. The first kappa shape index (κ1) is 14.1. The molecule has 0 aliphatic rings. The van der Waals surface area contributed by atoms with Gasteiger partial charge in [-0.2, -0.15) is 0 Å². The summed E-state index contributed by atoms with van der Waals surface area (Å²) in [6, 6.07) is 5.46. The third-order valence-electron chi connectivity index (χ3n) is 2.46. The SMILES string of the molecule is COCCN(CCOC)c1cc(Cl)ccc1N. The van der Waals surface area contributed by atoms with Gasteiger partial charge in [0.1, 0.15) is 0 Å². The van der Waals surface area contributed by atoms with Crippen LogP contribution in [0.3, 0.4) is 0 Å². The van der Waals surface area contributed by atoms with Gasteiger partial charge in [0.05, 0.1) is 24.6 Å². The smallest absolute Gasteiger partial charge is 0.0637 e.